The van der Waals surface area contributed by atoms with Crippen LogP contribution in [0.3, 0.4) is 0 Å². The molecule has 0 radical (unpaired) electrons. The Kier molecular flexibility index (Phi) is 10.2. The minimum atomic E-state index is -4.50. The van der Waals surface area contributed by atoms with Gasteiger partial charge in [-0.1, -0.05) is 6.92 Å². The van der Waals surface area contributed by atoms with Crippen LogP contribution in [0.4, 0.5) is 39.8 Å². The van der Waals surface area contributed by atoms with Gasteiger partial charge in [0.25, 0.3) is 0 Å². The van der Waals surface area contributed by atoms with E-state index in [4.69, 9.17) is 14.2 Å². The third-order valence-corrected chi connectivity index (χ3v) is 8.07. The van der Waals surface area contributed by atoms with Crippen LogP contribution in [0.15, 0.2) is 60.7 Å². The molecule has 3 aromatic carbocycles. The van der Waals surface area contributed by atoms with Crippen LogP contribution in [0.5, 0.6) is 17.2 Å². The molecule has 0 unspecified atom stereocenters. The Labute approximate surface area is 274 Å². The SMILES string of the molecule is C[C@@H]1CN([C@H](C)CO)C(=O)Cc2cc(NC(=O)Nc3ccc(C(F)(F)F)cc3)ccc2O[C@H]1CN(C)C(=O)Nc1ccc2c(c1)OCO2. The number of benzene rings is 3. The molecule has 0 saturated heterocycles. The monoisotopic (exact) mass is 671 g/mol. The fourth-order valence-electron chi connectivity index (χ4n) is 5.31. The maximum atomic E-state index is 13.5. The normalized spacial score (nSPS) is 18.0. The molecule has 0 aliphatic carbocycles. The zero-order chi connectivity index (χ0) is 34.6. The topological polar surface area (TPSA) is 142 Å². The summed E-state index contributed by atoms with van der Waals surface area (Å²) in [7, 11) is 1.62. The van der Waals surface area contributed by atoms with E-state index in [0.717, 1.165) is 24.3 Å². The van der Waals surface area contributed by atoms with Crippen LogP contribution in [0.25, 0.3) is 0 Å². The molecule has 3 atom stereocenters. The number of ether oxygens (including phenoxy) is 3. The fraction of sp³-hybridized carbons (Fsp3) is 0.364. The third-order valence-electron chi connectivity index (χ3n) is 8.07. The van der Waals surface area contributed by atoms with Gasteiger partial charge in [-0.05, 0) is 61.5 Å². The minimum absolute atomic E-state index is 0.102. The molecule has 12 nitrogen and oxygen atoms in total. The van der Waals surface area contributed by atoms with Gasteiger partial charge in [0.1, 0.15) is 11.9 Å². The van der Waals surface area contributed by atoms with E-state index in [2.05, 4.69) is 16.0 Å². The second kappa shape index (κ2) is 14.3. The number of alkyl halides is 3. The number of nitrogens with one attached hydrogen (secondary N) is 3. The molecule has 5 amide bonds. The molecule has 15 heteroatoms. The molecule has 2 aliphatic rings. The fourth-order valence-corrected chi connectivity index (χ4v) is 5.31. The summed E-state index contributed by atoms with van der Waals surface area (Å²) in [5.74, 6) is 0.935. The van der Waals surface area contributed by atoms with Crippen molar-refractivity contribution in [1.29, 1.82) is 0 Å². The highest BCUT2D eigenvalue weighted by Gasteiger charge is 2.32. The molecule has 4 N–H and O–H groups in total. The van der Waals surface area contributed by atoms with E-state index >= 15 is 0 Å². The summed E-state index contributed by atoms with van der Waals surface area (Å²) in [5, 5.41) is 17.9. The molecule has 2 aliphatic heterocycles. The number of anilines is 3. The maximum Gasteiger partial charge on any atom is 0.416 e. The van der Waals surface area contributed by atoms with E-state index < -0.39 is 35.9 Å². The minimum Gasteiger partial charge on any atom is -0.488 e. The molecule has 0 fully saturated rings. The zero-order valence-corrected chi connectivity index (χ0v) is 26.5. The van der Waals surface area contributed by atoms with Crippen LogP contribution >= 0.6 is 0 Å². The molecular weight excluding hydrogens is 635 g/mol. The first-order valence-electron chi connectivity index (χ1n) is 15.2. The lowest BCUT2D eigenvalue weighted by Crippen LogP contribution is -2.48. The van der Waals surface area contributed by atoms with Crippen LogP contribution in [0.1, 0.15) is 25.0 Å². The van der Waals surface area contributed by atoms with Gasteiger partial charge < -0.3 is 45.1 Å². The lowest BCUT2D eigenvalue weighted by molar-refractivity contribution is -0.137. The Hall–Kier alpha value is -5.18. The Morgan fingerprint density at radius 3 is 2.27 bits per heavy atom. The van der Waals surface area contributed by atoms with E-state index in [0.29, 0.717) is 34.2 Å². The molecule has 0 bridgehead atoms. The van der Waals surface area contributed by atoms with Gasteiger partial charge in [-0.15, -0.1) is 0 Å². The number of rotatable bonds is 7. The van der Waals surface area contributed by atoms with Gasteiger partial charge in [0.05, 0.1) is 31.2 Å². The number of amides is 5. The lowest BCUT2D eigenvalue weighted by Gasteiger charge is -2.34. The number of aliphatic hydroxyl groups excluding tert-OH is 1. The van der Waals surface area contributed by atoms with Gasteiger partial charge in [0, 0.05) is 48.2 Å². The van der Waals surface area contributed by atoms with E-state index in [9.17, 15) is 32.7 Å². The van der Waals surface area contributed by atoms with Crippen molar-refractivity contribution in [1.82, 2.24) is 9.80 Å². The van der Waals surface area contributed by atoms with Crippen LogP contribution in [0, 0.1) is 5.92 Å². The highest BCUT2D eigenvalue weighted by atomic mass is 19.4. The number of likely N-dealkylation sites (N-methyl/N-ethyl adjacent to an activating group) is 1. The highest BCUT2D eigenvalue weighted by molar-refractivity contribution is 6.00. The van der Waals surface area contributed by atoms with Gasteiger partial charge in [0.15, 0.2) is 11.5 Å². The average molecular weight is 672 g/mol. The number of carbonyl (C=O) groups is 3. The van der Waals surface area contributed by atoms with E-state index in [1.54, 1.807) is 55.3 Å². The zero-order valence-electron chi connectivity index (χ0n) is 26.5. The molecule has 48 heavy (non-hydrogen) atoms. The van der Waals surface area contributed by atoms with Crippen molar-refractivity contribution in [2.24, 2.45) is 5.92 Å². The van der Waals surface area contributed by atoms with Crippen LogP contribution < -0.4 is 30.2 Å². The summed E-state index contributed by atoms with van der Waals surface area (Å²) in [6, 6.07) is 12.2. The molecule has 256 valence electrons. The van der Waals surface area contributed by atoms with E-state index in [1.807, 2.05) is 6.92 Å². The van der Waals surface area contributed by atoms with Gasteiger partial charge >= 0.3 is 18.2 Å². The number of nitrogens with zero attached hydrogens (tertiary/aromatic N) is 2. The van der Waals surface area contributed by atoms with Crippen molar-refractivity contribution in [2.45, 2.75) is 38.6 Å². The summed E-state index contributed by atoms with van der Waals surface area (Å²) in [6.07, 6.45) is -5.19. The predicted octanol–water partition coefficient (Wildman–Crippen LogP) is 5.39. The number of fused-ring (bicyclic) bond motifs is 2. The van der Waals surface area contributed by atoms with Gasteiger partial charge in [0.2, 0.25) is 12.7 Å². The standard InChI is InChI=1S/C33H36F3N5O7/c1-19-15-41(20(2)17-42)30(43)13-21-12-24(38-31(44)37-23-6-4-22(5-7-23)33(34,35)36)8-10-26(21)48-29(19)16-40(3)32(45)39-25-9-11-27-28(14-25)47-18-46-27/h4-12,14,19-20,29,42H,13,15-18H2,1-3H3,(H,39,45)(H2,37,38,44)/t19-,20-,29+/m1/s1. The largest absolute Gasteiger partial charge is 0.488 e. The summed E-state index contributed by atoms with van der Waals surface area (Å²) >= 11 is 0. The lowest BCUT2D eigenvalue weighted by atomic mass is 10.0. The van der Waals surface area contributed by atoms with Gasteiger partial charge in [-0.25, -0.2) is 9.59 Å². The summed E-state index contributed by atoms with van der Waals surface area (Å²) < 4.78 is 55.8. The number of hydrogen-bond acceptors (Lipinski definition) is 7. The number of aliphatic hydroxyl groups is 1. The van der Waals surface area contributed by atoms with Crippen LogP contribution in [0.2, 0.25) is 0 Å². The quantitative estimate of drug-likeness (QED) is 0.264. The molecule has 2 heterocycles. The first-order valence-corrected chi connectivity index (χ1v) is 15.2. The molecule has 0 aromatic heterocycles. The number of hydrogen-bond donors (Lipinski definition) is 4. The van der Waals surface area contributed by atoms with Crippen LogP contribution in [-0.4, -0.2) is 78.6 Å². The van der Waals surface area contributed by atoms with Crippen molar-refractivity contribution in [3.8, 4) is 17.2 Å². The third kappa shape index (κ3) is 8.20. The number of halogens is 3. The highest BCUT2D eigenvalue weighted by Crippen LogP contribution is 2.35. The summed E-state index contributed by atoms with van der Waals surface area (Å²) in [5.41, 5.74) is 0.582. The second-order valence-corrected chi connectivity index (χ2v) is 11.7. The van der Waals surface area contributed by atoms with Crippen molar-refractivity contribution in [3.05, 3.63) is 71.8 Å². The van der Waals surface area contributed by atoms with E-state index in [-0.39, 0.29) is 50.4 Å². The van der Waals surface area contributed by atoms with Crippen molar-refractivity contribution in [2.75, 3.05) is 49.5 Å². The van der Waals surface area contributed by atoms with Crippen LogP contribution in [-0.2, 0) is 17.4 Å². The Balaban J connectivity index is 1.32. The van der Waals surface area contributed by atoms with Crippen molar-refractivity contribution < 1.29 is 46.9 Å². The van der Waals surface area contributed by atoms with Crippen molar-refractivity contribution in [3.63, 3.8) is 0 Å². The van der Waals surface area contributed by atoms with Crippen molar-refractivity contribution >= 4 is 35.0 Å². The maximum absolute atomic E-state index is 13.5. The number of urea groups is 2. The predicted molar refractivity (Wildman–Crippen MR) is 170 cm³/mol. The van der Waals surface area contributed by atoms with Gasteiger partial charge in [-0.3, -0.25) is 4.79 Å². The first kappa shape index (κ1) is 34.2. The second-order valence-electron chi connectivity index (χ2n) is 11.7. The number of carbonyl (C=O) groups excluding carboxylic acids is 3. The average Bonchev–Trinajstić information content (AvgIpc) is 3.52. The summed E-state index contributed by atoms with van der Waals surface area (Å²) in [4.78, 5) is 42.4. The molecule has 0 saturated carbocycles. The molecule has 5 rings (SSSR count). The Morgan fingerprint density at radius 1 is 0.958 bits per heavy atom. The summed E-state index contributed by atoms with van der Waals surface area (Å²) in [6.45, 7) is 3.85. The molecule has 3 aromatic rings. The van der Waals surface area contributed by atoms with Gasteiger partial charge in [-0.2, -0.15) is 13.2 Å². The molecule has 0 spiro atoms. The first-order chi connectivity index (χ1) is 22.8. The Bertz CT molecular complexity index is 1650. The Morgan fingerprint density at radius 2 is 1.58 bits per heavy atom. The molecular formula is C33H36F3N5O7. The smallest absolute Gasteiger partial charge is 0.416 e. The van der Waals surface area contributed by atoms with E-state index in [1.165, 1.54) is 4.90 Å².